The lowest BCUT2D eigenvalue weighted by Crippen LogP contribution is -2.17. The molecule has 9 heteroatoms. The number of anilines is 1. The van der Waals surface area contributed by atoms with Gasteiger partial charge in [0.15, 0.2) is 0 Å². The van der Waals surface area contributed by atoms with Crippen LogP contribution < -0.4 is 10.1 Å². The minimum absolute atomic E-state index is 0.125. The Hall–Kier alpha value is -3.33. The molecule has 1 heterocycles. The number of carbonyl (C=O) groups is 2. The van der Waals surface area contributed by atoms with Crippen molar-refractivity contribution in [1.82, 2.24) is 0 Å². The van der Waals surface area contributed by atoms with Crippen molar-refractivity contribution in [2.45, 2.75) is 6.92 Å². The lowest BCUT2D eigenvalue weighted by molar-refractivity contribution is 0.0703. The first kappa shape index (κ1) is 20.4. The molecule has 0 fully saturated rings. The number of carboxylic acids is 1. The van der Waals surface area contributed by atoms with Crippen molar-refractivity contribution in [3.63, 3.8) is 0 Å². The van der Waals surface area contributed by atoms with Gasteiger partial charge in [-0.15, -0.1) is 11.3 Å². The number of carbonyl (C=O) groups excluding carboxylic acids is 1. The lowest BCUT2D eigenvalue weighted by atomic mass is 10.1. The van der Waals surface area contributed by atoms with E-state index in [1.54, 1.807) is 24.3 Å². The smallest absolute Gasteiger partial charge is 0.348 e. The summed E-state index contributed by atoms with van der Waals surface area (Å²) in [5.74, 6) is -5.85. The highest BCUT2D eigenvalue weighted by Crippen LogP contribution is 2.36. The monoisotopic (exact) mass is 421 g/mol. The van der Waals surface area contributed by atoms with Crippen LogP contribution in [0.2, 0.25) is 0 Å². The van der Waals surface area contributed by atoms with Crippen LogP contribution in [0.4, 0.5) is 18.9 Å². The van der Waals surface area contributed by atoms with Gasteiger partial charge in [0.2, 0.25) is 0 Å². The Labute approximate surface area is 167 Å². The van der Waals surface area contributed by atoms with E-state index in [1.807, 2.05) is 6.92 Å². The molecule has 0 unspecified atom stereocenters. The molecule has 0 saturated carbocycles. The Morgan fingerprint density at radius 3 is 2.24 bits per heavy atom. The van der Waals surface area contributed by atoms with Crippen molar-refractivity contribution in [2.75, 3.05) is 11.9 Å². The number of benzene rings is 2. The fourth-order valence-electron chi connectivity index (χ4n) is 2.61. The number of rotatable bonds is 6. The molecule has 3 aromatic rings. The van der Waals surface area contributed by atoms with Gasteiger partial charge in [-0.1, -0.05) is 0 Å². The first-order valence-electron chi connectivity index (χ1n) is 8.36. The van der Waals surface area contributed by atoms with Crippen molar-refractivity contribution < 1.29 is 32.6 Å². The number of nitrogens with one attached hydrogen (secondary N) is 1. The molecule has 0 saturated heterocycles. The molecule has 0 spiro atoms. The van der Waals surface area contributed by atoms with Gasteiger partial charge in [0, 0.05) is 17.0 Å². The Kier molecular flexibility index (Phi) is 5.88. The zero-order chi connectivity index (χ0) is 21.1. The largest absolute Gasteiger partial charge is 0.494 e. The van der Waals surface area contributed by atoms with Gasteiger partial charge in [0.25, 0.3) is 5.91 Å². The first-order valence-corrected chi connectivity index (χ1v) is 9.18. The number of hydrogen-bond donors (Lipinski definition) is 2. The minimum Gasteiger partial charge on any atom is -0.494 e. The van der Waals surface area contributed by atoms with Gasteiger partial charge in [-0.05, 0) is 42.8 Å². The number of thiophene rings is 1. The molecule has 2 N–H and O–H groups in total. The first-order chi connectivity index (χ1) is 13.8. The standard InChI is InChI=1S/C20H14F3NO4S/c1-2-28-12-5-3-10(4-6-12)16-9-15(18(29-16)20(26)27)24-19(25)17-13(22)7-11(21)8-14(17)23/h3-9H,2H2,1H3,(H,24,25)(H,26,27). The Balaban J connectivity index is 1.93. The number of aromatic carboxylic acids is 1. The summed E-state index contributed by atoms with van der Waals surface area (Å²) in [6.07, 6.45) is 0. The van der Waals surface area contributed by atoms with E-state index in [4.69, 9.17) is 4.74 Å². The predicted octanol–water partition coefficient (Wildman–Crippen LogP) is 5.18. The fourth-order valence-corrected chi connectivity index (χ4v) is 3.57. The number of hydrogen-bond acceptors (Lipinski definition) is 4. The average Bonchev–Trinajstić information content (AvgIpc) is 3.05. The van der Waals surface area contributed by atoms with Gasteiger partial charge in [0.1, 0.15) is 33.6 Å². The maximum absolute atomic E-state index is 13.8. The second-order valence-electron chi connectivity index (χ2n) is 5.81. The van der Waals surface area contributed by atoms with E-state index in [-0.39, 0.29) is 10.6 Å². The highest BCUT2D eigenvalue weighted by Gasteiger charge is 2.23. The normalized spacial score (nSPS) is 10.6. The number of halogens is 3. The van der Waals surface area contributed by atoms with Gasteiger partial charge in [-0.3, -0.25) is 4.79 Å². The molecule has 0 aliphatic heterocycles. The van der Waals surface area contributed by atoms with Crippen molar-refractivity contribution in [3.8, 4) is 16.2 Å². The molecule has 3 rings (SSSR count). The summed E-state index contributed by atoms with van der Waals surface area (Å²) in [4.78, 5) is 24.1. The molecule has 0 atom stereocenters. The zero-order valence-electron chi connectivity index (χ0n) is 15.0. The van der Waals surface area contributed by atoms with Gasteiger partial charge in [-0.2, -0.15) is 0 Å². The van der Waals surface area contributed by atoms with E-state index in [1.165, 1.54) is 6.07 Å². The molecule has 0 aliphatic carbocycles. The summed E-state index contributed by atoms with van der Waals surface area (Å²) in [7, 11) is 0. The summed E-state index contributed by atoms with van der Waals surface area (Å²) in [5.41, 5.74) is -0.461. The quantitative estimate of drug-likeness (QED) is 0.575. The van der Waals surface area contributed by atoms with E-state index >= 15 is 0 Å². The van der Waals surface area contributed by atoms with E-state index in [2.05, 4.69) is 5.32 Å². The Bertz CT molecular complexity index is 1060. The molecule has 150 valence electrons. The minimum atomic E-state index is -1.39. The molecule has 0 radical (unpaired) electrons. The molecule has 1 aromatic heterocycles. The third kappa shape index (κ3) is 4.40. The van der Waals surface area contributed by atoms with Crippen LogP contribution in [0.3, 0.4) is 0 Å². The van der Waals surface area contributed by atoms with Crippen LogP contribution in [0.1, 0.15) is 27.0 Å². The number of ether oxygens (including phenoxy) is 1. The Morgan fingerprint density at radius 2 is 1.69 bits per heavy atom. The van der Waals surface area contributed by atoms with Gasteiger partial charge in [-0.25, -0.2) is 18.0 Å². The molecule has 2 aromatic carbocycles. The molecule has 0 bridgehead atoms. The zero-order valence-corrected chi connectivity index (χ0v) is 15.8. The van der Waals surface area contributed by atoms with E-state index in [9.17, 15) is 27.9 Å². The summed E-state index contributed by atoms with van der Waals surface area (Å²) in [5, 5.41) is 11.6. The van der Waals surface area contributed by atoms with Crippen LogP contribution in [0.15, 0.2) is 42.5 Å². The molecule has 5 nitrogen and oxygen atoms in total. The van der Waals surface area contributed by atoms with Gasteiger partial charge in [0.05, 0.1) is 12.3 Å². The summed E-state index contributed by atoms with van der Waals surface area (Å²) in [6, 6.07) is 8.98. The molecule has 1 amide bonds. The topological polar surface area (TPSA) is 75.6 Å². The van der Waals surface area contributed by atoms with Crippen LogP contribution in [0, 0.1) is 17.5 Å². The second-order valence-corrected chi connectivity index (χ2v) is 6.87. The van der Waals surface area contributed by atoms with Crippen molar-refractivity contribution in [2.24, 2.45) is 0 Å². The average molecular weight is 421 g/mol. The summed E-state index contributed by atoms with van der Waals surface area (Å²) in [6.45, 7) is 2.34. The fraction of sp³-hybridized carbons (Fsp3) is 0.100. The number of amides is 1. The summed E-state index contributed by atoms with van der Waals surface area (Å²) < 4.78 is 46.0. The van der Waals surface area contributed by atoms with Crippen LogP contribution in [0.25, 0.3) is 10.4 Å². The molecule has 0 aliphatic rings. The van der Waals surface area contributed by atoms with Crippen LogP contribution in [0.5, 0.6) is 5.75 Å². The van der Waals surface area contributed by atoms with Crippen LogP contribution in [-0.2, 0) is 0 Å². The predicted molar refractivity (Wildman–Crippen MR) is 102 cm³/mol. The third-order valence-corrected chi connectivity index (χ3v) is 5.03. The highest BCUT2D eigenvalue weighted by molar-refractivity contribution is 7.18. The van der Waals surface area contributed by atoms with Gasteiger partial charge < -0.3 is 15.2 Å². The summed E-state index contributed by atoms with van der Waals surface area (Å²) >= 11 is 0.885. The maximum Gasteiger partial charge on any atom is 0.348 e. The van der Waals surface area contributed by atoms with Crippen molar-refractivity contribution >= 4 is 28.9 Å². The number of carboxylic acid groups (broad SMARTS) is 1. The van der Waals surface area contributed by atoms with Crippen molar-refractivity contribution in [1.29, 1.82) is 0 Å². The highest BCUT2D eigenvalue weighted by atomic mass is 32.1. The lowest BCUT2D eigenvalue weighted by Gasteiger charge is -2.07. The van der Waals surface area contributed by atoms with Crippen LogP contribution in [-0.4, -0.2) is 23.6 Å². The molecule has 29 heavy (non-hydrogen) atoms. The second kappa shape index (κ2) is 8.36. The van der Waals surface area contributed by atoms with Crippen molar-refractivity contribution in [3.05, 3.63) is 70.4 Å². The Morgan fingerprint density at radius 1 is 1.07 bits per heavy atom. The SMILES string of the molecule is CCOc1ccc(-c2cc(NC(=O)c3c(F)cc(F)cc3F)c(C(=O)O)s2)cc1. The van der Waals surface area contributed by atoms with E-state index in [0.717, 1.165) is 11.3 Å². The van der Waals surface area contributed by atoms with E-state index in [0.29, 0.717) is 34.9 Å². The molecular weight excluding hydrogens is 407 g/mol. The van der Waals surface area contributed by atoms with E-state index < -0.39 is 34.9 Å². The third-order valence-electron chi connectivity index (χ3n) is 3.86. The van der Waals surface area contributed by atoms with Crippen LogP contribution >= 0.6 is 11.3 Å². The molecular formula is C20H14F3NO4S. The maximum atomic E-state index is 13.8. The van der Waals surface area contributed by atoms with Gasteiger partial charge >= 0.3 is 5.97 Å².